The minimum absolute atomic E-state index is 0.170. The fourth-order valence-corrected chi connectivity index (χ4v) is 2.78. The predicted octanol–water partition coefficient (Wildman–Crippen LogP) is 1.67. The molecule has 6 heteroatoms. The minimum atomic E-state index is -0.277. The van der Waals surface area contributed by atoms with Gasteiger partial charge in [0.05, 0.1) is 18.8 Å². The summed E-state index contributed by atoms with van der Waals surface area (Å²) in [4.78, 5) is 2.40. The van der Waals surface area contributed by atoms with Crippen LogP contribution in [-0.4, -0.2) is 44.6 Å². The van der Waals surface area contributed by atoms with Gasteiger partial charge in [0.15, 0.2) is 0 Å². The van der Waals surface area contributed by atoms with Crippen molar-refractivity contribution in [2.45, 2.75) is 26.0 Å². The summed E-state index contributed by atoms with van der Waals surface area (Å²) in [6.45, 7) is 3.74. The van der Waals surface area contributed by atoms with Gasteiger partial charge in [-0.05, 0) is 50.2 Å². The second-order valence-corrected chi connectivity index (χ2v) is 5.32. The number of aliphatic hydroxyl groups is 1. The Morgan fingerprint density at radius 3 is 2.48 bits per heavy atom. The van der Waals surface area contributed by atoms with Gasteiger partial charge in [0.25, 0.3) is 0 Å². The van der Waals surface area contributed by atoms with E-state index in [2.05, 4.69) is 15.2 Å². The molecule has 0 saturated carbocycles. The molecule has 0 unspecified atom stereocenters. The number of hydrogen-bond acceptors (Lipinski definition) is 4. The lowest BCUT2D eigenvalue weighted by Crippen LogP contribution is -2.24. The Morgan fingerprint density at radius 2 is 1.81 bits per heavy atom. The number of benzene rings is 1. The van der Waals surface area contributed by atoms with Crippen molar-refractivity contribution in [2.75, 3.05) is 19.6 Å². The zero-order valence-corrected chi connectivity index (χ0v) is 11.9. The van der Waals surface area contributed by atoms with Gasteiger partial charge in [-0.3, -0.25) is 0 Å². The van der Waals surface area contributed by atoms with Crippen LogP contribution >= 0.6 is 0 Å². The third-order valence-corrected chi connectivity index (χ3v) is 3.90. The molecule has 0 bridgehead atoms. The smallest absolute Gasteiger partial charge is 0.123 e. The van der Waals surface area contributed by atoms with E-state index in [1.54, 1.807) is 16.8 Å². The molecule has 1 saturated heterocycles. The number of rotatable bonds is 5. The van der Waals surface area contributed by atoms with Gasteiger partial charge in [-0.25, -0.2) is 9.07 Å². The minimum Gasteiger partial charge on any atom is -0.390 e. The van der Waals surface area contributed by atoms with Crippen molar-refractivity contribution >= 4 is 0 Å². The summed E-state index contributed by atoms with van der Waals surface area (Å²) >= 11 is 0. The zero-order valence-electron chi connectivity index (χ0n) is 11.9. The average molecular weight is 290 g/mol. The monoisotopic (exact) mass is 290 g/mol. The molecule has 1 N–H and O–H groups in total. The lowest BCUT2D eigenvalue weighted by Gasteiger charge is -2.15. The van der Waals surface area contributed by atoms with E-state index in [-0.39, 0.29) is 12.4 Å². The quantitative estimate of drug-likeness (QED) is 0.910. The zero-order chi connectivity index (χ0) is 14.7. The number of hydrogen-bond donors (Lipinski definition) is 1. The Hall–Kier alpha value is -1.79. The summed E-state index contributed by atoms with van der Waals surface area (Å²) in [5.41, 5.74) is 2.13. The molecule has 0 aliphatic carbocycles. The van der Waals surface area contributed by atoms with Crippen LogP contribution < -0.4 is 0 Å². The fraction of sp³-hybridized carbons (Fsp3) is 0.467. The fourth-order valence-electron chi connectivity index (χ4n) is 2.78. The number of nitrogens with zero attached hydrogens (tertiary/aromatic N) is 4. The molecule has 5 nitrogen and oxygen atoms in total. The van der Waals surface area contributed by atoms with Gasteiger partial charge in [0, 0.05) is 12.1 Å². The molecule has 1 fully saturated rings. The first-order chi connectivity index (χ1) is 10.3. The molecule has 0 amide bonds. The summed E-state index contributed by atoms with van der Waals surface area (Å²) in [5, 5.41) is 17.6. The molecule has 3 rings (SSSR count). The SMILES string of the molecule is OCc1nnn(CCN2CCCC2)c1-c1ccc(F)cc1. The Kier molecular flexibility index (Phi) is 4.26. The molecule has 0 radical (unpaired) electrons. The van der Waals surface area contributed by atoms with Crippen LogP contribution in [0.5, 0.6) is 0 Å². The summed E-state index contributed by atoms with van der Waals surface area (Å²) in [7, 11) is 0. The van der Waals surface area contributed by atoms with E-state index in [0.29, 0.717) is 5.69 Å². The molecule has 0 spiro atoms. The van der Waals surface area contributed by atoms with E-state index in [1.807, 2.05) is 0 Å². The Morgan fingerprint density at radius 1 is 1.10 bits per heavy atom. The first-order valence-corrected chi connectivity index (χ1v) is 7.29. The Balaban J connectivity index is 1.83. The number of aliphatic hydroxyl groups excluding tert-OH is 1. The average Bonchev–Trinajstić information content (AvgIpc) is 3.15. The summed E-state index contributed by atoms with van der Waals surface area (Å²) in [5.74, 6) is -0.277. The number of halogens is 1. The van der Waals surface area contributed by atoms with Gasteiger partial charge in [-0.1, -0.05) is 5.21 Å². The van der Waals surface area contributed by atoms with E-state index < -0.39 is 0 Å². The molecular weight excluding hydrogens is 271 g/mol. The predicted molar refractivity (Wildman–Crippen MR) is 77.0 cm³/mol. The first kappa shape index (κ1) is 14.2. The van der Waals surface area contributed by atoms with Crippen LogP contribution in [0.1, 0.15) is 18.5 Å². The molecule has 1 aromatic heterocycles. The molecule has 1 aliphatic heterocycles. The highest BCUT2D eigenvalue weighted by atomic mass is 19.1. The highest BCUT2D eigenvalue weighted by molar-refractivity contribution is 5.61. The van der Waals surface area contributed by atoms with Crippen molar-refractivity contribution in [1.29, 1.82) is 0 Å². The molecule has 2 heterocycles. The van der Waals surface area contributed by atoms with Gasteiger partial charge in [0.2, 0.25) is 0 Å². The van der Waals surface area contributed by atoms with Gasteiger partial charge in [0.1, 0.15) is 11.5 Å². The van der Waals surface area contributed by atoms with Gasteiger partial charge in [-0.15, -0.1) is 5.10 Å². The molecule has 0 atom stereocenters. The standard InChI is InChI=1S/C15H19FN4O/c16-13-5-3-12(4-6-13)15-14(11-21)17-18-20(15)10-9-19-7-1-2-8-19/h3-6,21H,1-2,7-11H2. The van der Waals surface area contributed by atoms with E-state index in [1.165, 1.54) is 25.0 Å². The third-order valence-electron chi connectivity index (χ3n) is 3.90. The maximum atomic E-state index is 13.1. The van der Waals surface area contributed by atoms with Crippen LogP contribution in [0.15, 0.2) is 24.3 Å². The molecule has 2 aromatic rings. The van der Waals surface area contributed by atoms with Crippen molar-refractivity contribution < 1.29 is 9.50 Å². The lowest BCUT2D eigenvalue weighted by atomic mass is 10.1. The van der Waals surface area contributed by atoms with Crippen molar-refractivity contribution in [2.24, 2.45) is 0 Å². The highest BCUT2D eigenvalue weighted by Crippen LogP contribution is 2.23. The van der Waals surface area contributed by atoms with E-state index in [4.69, 9.17) is 0 Å². The van der Waals surface area contributed by atoms with Crippen LogP contribution in [0.3, 0.4) is 0 Å². The Labute approximate surface area is 123 Å². The molecule has 21 heavy (non-hydrogen) atoms. The topological polar surface area (TPSA) is 54.2 Å². The molecule has 112 valence electrons. The van der Waals surface area contributed by atoms with Gasteiger partial charge < -0.3 is 10.0 Å². The maximum absolute atomic E-state index is 13.1. The van der Waals surface area contributed by atoms with Crippen LogP contribution in [0.4, 0.5) is 4.39 Å². The number of likely N-dealkylation sites (tertiary alicyclic amines) is 1. The molecular formula is C15H19FN4O. The van der Waals surface area contributed by atoms with Crippen LogP contribution in [0, 0.1) is 5.82 Å². The van der Waals surface area contributed by atoms with Crippen molar-refractivity contribution in [3.8, 4) is 11.3 Å². The van der Waals surface area contributed by atoms with Crippen LogP contribution in [0.2, 0.25) is 0 Å². The maximum Gasteiger partial charge on any atom is 0.123 e. The van der Waals surface area contributed by atoms with Crippen molar-refractivity contribution in [3.05, 3.63) is 35.8 Å². The molecule has 1 aliphatic rings. The van der Waals surface area contributed by atoms with Crippen LogP contribution in [-0.2, 0) is 13.2 Å². The van der Waals surface area contributed by atoms with Crippen LogP contribution in [0.25, 0.3) is 11.3 Å². The van der Waals surface area contributed by atoms with E-state index in [0.717, 1.165) is 37.4 Å². The number of aromatic nitrogens is 3. The highest BCUT2D eigenvalue weighted by Gasteiger charge is 2.16. The first-order valence-electron chi connectivity index (χ1n) is 7.29. The Bertz CT molecular complexity index is 590. The van der Waals surface area contributed by atoms with Crippen molar-refractivity contribution in [3.63, 3.8) is 0 Å². The van der Waals surface area contributed by atoms with E-state index in [9.17, 15) is 9.50 Å². The second-order valence-electron chi connectivity index (χ2n) is 5.32. The summed E-state index contributed by atoms with van der Waals surface area (Å²) in [6.07, 6.45) is 2.51. The van der Waals surface area contributed by atoms with E-state index >= 15 is 0 Å². The lowest BCUT2D eigenvalue weighted by molar-refractivity contribution is 0.277. The summed E-state index contributed by atoms with van der Waals surface area (Å²) in [6, 6.07) is 6.21. The van der Waals surface area contributed by atoms with Gasteiger partial charge in [-0.2, -0.15) is 0 Å². The molecule has 1 aromatic carbocycles. The largest absolute Gasteiger partial charge is 0.390 e. The third kappa shape index (κ3) is 3.11. The normalized spacial score (nSPS) is 15.7. The summed E-state index contributed by atoms with van der Waals surface area (Å²) < 4.78 is 14.9. The van der Waals surface area contributed by atoms with Gasteiger partial charge >= 0.3 is 0 Å². The second kappa shape index (κ2) is 6.32. The van der Waals surface area contributed by atoms with Crippen molar-refractivity contribution in [1.82, 2.24) is 19.9 Å².